The third-order valence-corrected chi connectivity index (χ3v) is 14.4. The second-order valence-corrected chi connectivity index (χ2v) is 17.6. The lowest BCUT2D eigenvalue weighted by molar-refractivity contribution is 1.30. The lowest BCUT2D eigenvalue weighted by Gasteiger charge is -2.30. The van der Waals surface area contributed by atoms with Crippen molar-refractivity contribution in [3.05, 3.63) is 206 Å². The number of thiophene rings is 2. The molecule has 11 aromatic carbocycles. The summed E-state index contributed by atoms with van der Waals surface area (Å²) in [7, 11) is 0. The molecule has 13 rings (SSSR count). The third kappa shape index (κ3) is 4.99. The van der Waals surface area contributed by atoms with Gasteiger partial charge in [-0.3, -0.25) is 0 Å². The van der Waals surface area contributed by atoms with Gasteiger partial charge < -0.3 is 9.80 Å². The third-order valence-electron chi connectivity index (χ3n) is 12.2. The quantitative estimate of drug-likeness (QED) is 0.122. The number of hydrogen-bond acceptors (Lipinski definition) is 4. The molecule has 13 aromatic rings. The van der Waals surface area contributed by atoms with Crippen molar-refractivity contribution in [2.24, 2.45) is 0 Å². The summed E-state index contributed by atoms with van der Waals surface area (Å²) in [5, 5.41) is 13.0. The van der Waals surface area contributed by atoms with Crippen LogP contribution in [0.2, 0.25) is 0 Å². The van der Waals surface area contributed by atoms with E-state index >= 15 is 0 Å². The molecule has 60 heavy (non-hydrogen) atoms. The largest absolute Gasteiger partial charge is 0.310 e. The number of para-hydroxylation sites is 2. The van der Waals surface area contributed by atoms with E-state index in [0.29, 0.717) is 12.1 Å². The summed E-state index contributed by atoms with van der Waals surface area (Å²) in [6, 6.07) is 69.7. The Kier molecular flexibility index (Phi) is 6.94. The normalized spacial score (nSPS) is 12.5. The van der Waals surface area contributed by atoms with Crippen LogP contribution in [0.15, 0.2) is 206 Å². The van der Waals surface area contributed by atoms with Crippen LogP contribution >= 0.6 is 22.7 Å². The van der Waals surface area contributed by atoms with E-state index in [1.54, 1.807) is 0 Å². The van der Waals surface area contributed by atoms with E-state index in [9.17, 15) is 2.74 Å². The molecule has 0 radical (unpaired) electrons. The van der Waals surface area contributed by atoms with Crippen LogP contribution in [0.1, 0.15) is 2.74 Å². The van der Waals surface area contributed by atoms with Crippen molar-refractivity contribution in [2.45, 2.75) is 0 Å². The number of fused-ring (bicyclic) bond motifs is 9. The Bertz CT molecular complexity index is 3910. The summed E-state index contributed by atoms with van der Waals surface area (Å²) < 4.78 is 24.7. The Balaban J connectivity index is 1.13. The van der Waals surface area contributed by atoms with Crippen LogP contribution in [0.5, 0.6) is 0 Å². The van der Waals surface area contributed by atoms with Crippen molar-refractivity contribution in [1.82, 2.24) is 0 Å². The molecule has 0 aliphatic carbocycles. The molecule has 4 heteroatoms. The molecule has 0 amide bonds. The van der Waals surface area contributed by atoms with Crippen molar-refractivity contribution >= 4 is 140 Å². The van der Waals surface area contributed by atoms with Crippen LogP contribution in [-0.2, 0) is 0 Å². The number of benzene rings is 11. The van der Waals surface area contributed by atoms with Crippen molar-refractivity contribution in [2.75, 3.05) is 9.80 Å². The molecule has 0 atom stereocenters. The highest BCUT2D eigenvalue weighted by atomic mass is 32.1. The Morgan fingerprint density at radius 2 is 0.783 bits per heavy atom. The smallest absolute Gasteiger partial charge is 0.0630 e. The molecular formula is C56H34N2S2. The molecule has 2 aromatic heterocycles. The standard InChI is InChI=1S/C56H34N2S2/c1-3-13-36(14-4-1)57(38-25-28-43-41-18-9-11-21-50(41)59-52(43)33-38)48-32-30-46-40-17-7-8-20-45(40)56-49(31-24-35-23-27-47(48)55(46)54(35)56)58(37-15-5-2-6-16-37)39-26-29-44-42-19-10-12-22-51(42)60-53(44)34-39/h1-34H/i24D,30D. The Hall–Kier alpha value is -7.24. The average molecular weight is 801 g/mol. The van der Waals surface area contributed by atoms with Gasteiger partial charge in [-0.2, -0.15) is 0 Å². The molecule has 0 aliphatic rings. The van der Waals surface area contributed by atoms with Crippen LogP contribution in [-0.4, -0.2) is 0 Å². The number of nitrogens with zero attached hydrogens (tertiary/aromatic N) is 2. The topological polar surface area (TPSA) is 6.48 Å². The first-order chi connectivity index (χ1) is 30.6. The van der Waals surface area contributed by atoms with Gasteiger partial charge >= 0.3 is 0 Å². The average Bonchev–Trinajstić information content (AvgIpc) is 3.88. The predicted molar refractivity (Wildman–Crippen MR) is 263 cm³/mol. The van der Waals surface area contributed by atoms with Gasteiger partial charge in [-0.25, -0.2) is 0 Å². The molecule has 0 fully saturated rings. The molecule has 0 unspecified atom stereocenters. The highest BCUT2D eigenvalue weighted by molar-refractivity contribution is 7.26. The molecule has 2 heterocycles. The van der Waals surface area contributed by atoms with E-state index in [2.05, 4.69) is 204 Å². The number of anilines is 6. The second-order valence-electron chi connectivity index (χ2n) is 15.5. The van der Waals surface area contributed by atoms with Gasteiger partial charge in [0.1, 0.15) is 0 Å². The van der Waals surface area contributed by atoms with E-state index in [0.717, 1.165) is 77.2 Å². The van der Waals surface area contributed by atoms with Crippen molar-refractivity contribution in [3.63, 3.8) is 0 Å². The summed E-state index contributed by atoms with van der Waals surface area (Å²) in [6.45, 7) is 0. The molecular weight excluding hydrogens is 765 g/mol. The summed E-state index contributed by atoms with van der Waals surface area (Å²) in [6.07, 6.45) is 0. The van der Waals surface area contributed by atoms with Crippen LogP contribution in [0.4, 0.5) is 34.1 Å². The number of hydrogen-bond donors (Lipinski definition) is 0. The summed E-state index contributed by atoms with van der Waals surface area (Å²) >= 11 is 3.63. The minimum Gasteiger partial charge on any atom is -0.310 e. The molecule has 0 N–H and O–H groups in total. The van der Waals surface area contributed by atoms with Gasteiger partial charge in [0.2, 0.25) is 0 Å². The Labute approximate surface area is 357 Å². The van der Waals surface area contributed by atoms with E-state index in [4.69, 9.17) is 0 Å². The zero-order valence-electron chi connectivity index (χ0n) is 34.2. The minimum atomic E-state index is 0.446. The molecule has 0 bridgehead atoms. The monoisotopic (exact) mass is 800 g/mol. The zero-order valence-corrected chi connectivity index (χ0v) is 33.8. The van der Waals surface area contributed by atoms with Gasteiger partial charge in [-0.1, -0.05) is 133 Å². The van der Waals surface area contributed by atoms with E-state index in [1.807, 2.05) is 22.7 Å². The maximum atomic E-state index is 9.95. The Morgan fingerprint density at radius 1 is 0.300 bits per heavy atom. The van der Waals surface area contributed by atoms with Crippen LogP contribution < -0.4 is 9.80 Å². The maximum absolute atomic E-state index is 9.95. The minimum absolute atomic E-state index is 0.446. The fourth-order valence-electron chi connectivity index (χ4n) is 9.57. The van der Waals surface area contributed by atoms with Gasteiger partial charge in [0.15, 0.2) is 0 Å². The van der Waals surface area contributed by atoms with Crippen molar-refractivity contribution in [1.29, 1.82) is 0 Å². The van der Waals surface area contributed by atoms with Crippen LogP contribution in [0.3, 0.4) is 0 Å². The van der Waals surface area contributed by atoms with Crippen LogP contribution in [0.25, 0.3) is 83.4 Å². The predicted octanol–water partition coefficient (Wildman–Crippen LogP) is 17.4. The first kappa shape index (κ1) is 31.7. The van der Waals surface area contributed by atoms with E-state index in [1.165, 1.54) is 40.3 Å². The van der Waals surface area contributed by atoms with E-state index in [-0.39, 0.29) is 0 Å². The van der Waals surface area contributed by atoms with Crippen LogP contribution in [0, 0.1) is 0 Å². The van der Waals surface area contributed by atoms with Gasteiger partial charge in [0, 0.05) is 84.6 Å². The summed E-state index contributed by atoms with van der Waals surface area (Å²) in [4.78, 5) is 4.65. The fraction of sp³-hybridized carbons (Fsp3) is 0. The van der Waals surface area contributed by atoms with Crippen molar-refractivity contribution < 1.29 is 2.74 Å². The molecule has 0 spiro atoms. The molecule has 280 valence electrons. The van der Waals surface area contributed by atoms with Gasteiger partial charge in [0.05, 0.1) is 14.1 Å². The fourth-order valence-corrected chi connectivity index (χ4v) is 11.9. The van der Waals surface area contributed by atoms with Gasteiger partial charge in [-0.15, -0.1) is 22.7 Å². The Morgan fingerprint density at radius 3 is 1.40 bits per heavy atom. The SMILES string of the molecule is [2H]c1cc(N(c2ccccc2)c2ccc3c(c2)sc2ccccc23)c2c3ccccc3c3c([2H])cc(N(c4ccccc4)c4ccc5c(c4)sc4ccccc45)c4ccc1c2c43. The molecule has 0 saturated heterocycles. The molecule has 0 saturated carbocycles. The second kappa shape index (κ2) is 13.1. The lowest BCUT2D eigenvalue weighted by atomic mass is 9.87. The molecule has 0 aliphatic heterocycles. The lowest BCUT2D eigenvalue weighted by Crippen LogP contribution is -2.11. The summed E-state index contributed by atoms with van der Waals surface area (Å²) in [5.74, 6) is 0. The number of rotatable bonds is 6. The first-order valence-corrected chi connectivity index (χ1v) is 21.9. The van der Waals surface area contributed by atoms with Gasteiger partial charge in [-0.05, 0) is 94.3 Å². The van der Waals surface area contributed by atoms with Crippen molar-refractivity contribution in [3.8, 4) is 0 Å². The zero-order chi connectivity index (χ0) is 41.1. The highest BCUT2D eigenvalue weighted by Gasteiger charge is 2.25. The molecule has 2 nitrogen and oxygen atoms in total. The van der Waals surface area contributed by atoms with Gasteiger partial charge in [0.25, 0.3) is 0 Å². The maximum Gasteiger partial charge on any atom is 0.0630 e. The first-order valence-electron chi connectivity index (χ1n) is 21.3. The van der Waals surface area contributed by atoms with E-state index < -0.39 is 0 Å². The summed E-state index contributed by atoms with van der Waals surface area (Å²) in [5.41, 5.74) is 5.96. The highest BCUT2D eigenvalue weighted by Crippen LogP contribution is 2.51.